The third-order valence-electron chi connectivity index (χ3n) is 12.9. The largest absolute Gasteiger partial charge is 0.294 e. The summed E-state index contributed by atoms with van der Waals surface area (Å²) >= 11 is 0. The van der Waals surface area contributed by atoms with Crippen LogP contribution in [0.3, 0.4) is 0 Å². The Morgan fingerprint density at radius 1 is 0.206 bits per heavy atom. The quantitative estimate of drug-likeness (QED) is 0.153. The minimum atomic E-state index is 0.805. The molecule has 6 nitrogen and oxygen atoms in total. The van der Waals surface area contributed by atoms with E-state index >= 15 is 0 Å². The first kappa shape index (κ1) is 39.1. The molecule has 0 saturated carbocycles. The zero-order valence-corrected chi connectivity index (χ0v) is 36.8. The van der Waals surface area contributed by atoms with Gasteiger partial charge in [0.05, 0.1) is 56.2 Å². The van der Waals surface area contributed by atoms with E-state index < -0.39 is 0 Å². The first-order chi connectivity index (χ1) is 33.7. The smallest absolute Gasteiger partial charge is 0.138 e. The van der Waals surface area contributed by atoms with Gasteiger partial charge in [-0.25, -0.2) is 19.9 Å². The van der Waals surface area contributed by atoms with Crippen LogP contribution in [0.5, 0.6) is 0 Å². The Labute approximate surface area is 392 Å². The number of fused-ring (bicyclic) bond motifs is 6. The molecule has 0 fully saturated rings. The normalized spacial score (nSPS) is 11.5. The van der Waals surface area contributed by atoms with E-state index in [1.807, 2.05) is 24.3 Å². The molecule has 68 heavy (non-hydrogen) atoms. The molecule has 0 amide bonds. The molecule has 0 radical (unpaired) electrons. The van der Waals surface area contributed by atoms with E-state index in [2.05, 4.69) is 228 Å². The lowest BCUT2D eigenvalue weighted by Crippen LogP contribution is -1.99. The highest BCUT2D eigenvalue weighted by Gasteiger charge is 2.17. The second kappa shape index (κ2) is 16.3. The average molecular weight is 869 g/mol. The predicted octanol–water partition coefficient (Wildman–Crippen LogP) is 15.5. The van der Waals surface area contributed by atoms with Crippen LogP contribution in [0.25, 0.3) is 123 Å². The molecule has 6 heterocycles. The van der Waals surface area contributed by atoms with Crippen LogP contribution in [0.15, 0.2) is 243 Å². The lowest BCUT2D eigenvalue weighted by Gasteiger charge is -2.13. The molecule has 0 aliphatic carbocycles. The lowest BCUT2D eigenvalue weighted by molar-refractivity contribution is 1.08. The van der Waals surface area contributed by atoms with Gasteiger partial charge in [-0.1, -0.05) is 146 Å². The SMILES string of the molecule is c1ccc(-c2cc(-c3cccc(-c4cccc(-c5cccc(-n6c7ccccc7c7ccccc76)n5)n4)c3)cc(-c3cccc(-c4cccc(-n5c6ccccc6c6ccccc65)n4)n3)c2)cc1. The van der Waals surface area contributed by atoms with Crippen molar-refractivity contribution in [2.75, 3.05) is 0 Å². The van der Waals surface area contributed by atoms with Crippen molar-refractivity contribution in [1.29, 1.82) is 0 Å². The van der Waals surface area contributed by atoms with E-state index in [0.29, 0.717) is 0 Å². The maximum Gasteiger partial charge on any atom is 0.138 e. The van der Waals surface area contributed by atoms with Crippen molar-refractivity contribution in [1.82, 2.24) is 29.1 Å². The van der Waals surface area contributed by atoms with Crippen LogP contribution >= 0.6 is 0 Å². The Bertz CT molecular complexity index is 3940. The molecule has 7 aromatic carbocycles. The second-order valence-electron chi connectivity index (χ2n) is 17.1. The summed E-state index contributed by atoms with van der Waals surface area (Å²) < 4.78 is 4.49. The van der Waals surface area contributed by atoms with Crippen molar-refractivity contribution in [2.45, 2.75) is 0 Å². The Morgan fingerprint density at radius 3 is 1.03 bits per heavy atom. The van der Waals surface area contributed by atoms with Gasteiger partial charge >= 0.3 is 0 Å². The van der Waals surface area contributed by atoms with E-state index in [0.717, 1.165) is 101 Å². The highest BCUT2D eigenvalue weighted by atomic mass is 15.1. The van der Waals surface area contributed by atoms with Gasteiger partial charge in [-0.05, 0) is 119 Å². The number of benzene rings is 7. The summed E-state index contributed by atoms with van der Waals surface area (Å²) in [6, 6.07) is 84.8. The van der Waals surface area contributed by atoms with Gasteiger partial charge in [0.25, 0.3) is 0 Å². The molecule has 0 N–H and O–H groups in total. The molecular weight excluding hydrogens is 829 g/mol. The van der Waals surface area contributed by atoms with Crippen LogP contribution < -0.4 is 0 Å². The van der Waals surface area contributed by atoms with Gasteiger partial charge in [-0.15, -0.1) is 0 Å². The van der Waals surface area contributed by atoms with E-state index in [4.69, 9.17) is 19.9 Å². The van der Waals surface area contributed by atoms with Gasteiger partial charge in [0, 0.05) is 32.7 Å². The summed E-state index contributed by atoms with van der Waals surface area (Å²) in [6.07, 6.45) is 0. The monoisotopic (exact) mass is 868 g/mol. The Morgan fingerprint density at radius 2 is 0.529 bits per heavy atom. The molecule has 13 rings (SSSR count). The standard InChI is InChI=1S/C62H40N6/c1-2-17-41(18-3-1)44-38-45(40-46(39-44)52-26-14-28-54(64-52)56-30-16-36-62(66-56)68-59-33-10-6-23-49(59)50-24-7-11-34-60(50)68)42-19-12-20-43(37-42)51-25-13-27-53(63-51)55-29-15-35-61(65-55)67-57-31-8-4-21-47(57)48-22-5-9-32-58(48)67/h1-40H. The Balaban J connectivity index is 0.864. The van der Waals surface area contributed by atoms with Crippen molar-refractivity contribution >= 4 is 43.6 Å². The van der Waals surface area contributed by atoms with Gasteiger partial charge in [0.2, 0.25) is 0 Å². The number of para-hydroxylation sites is 4. The average Bonchev–Trinajstić information content (AvgIpc) is 3.94. The van der Waals surface area contributed by atoms with Gasteiger partial charge < -0.3 is 0 Å². The molecule has 6 aromatic heterocycles. The van der Waals surface area contributed by atoms with Crippen molar-refractivity contribution < 1.29 is 0 Å². The van der Waals surface area contributed by atoms with Crippen LogP contribution in [-0.4, -0.2) is 29.1 Å². The number of hydrogen-bond acceptors (Lipinski definition) is 4. The first-order valence-corrected chi connectivity index (χ1v) is 22.9. The number of pyridine rings is 4. The minimum absolute atomic E-state index is 0.805. The third kappa shape index (κ3) is 6.82. The predicted molar refractivity (Wildman–Crippen MR) is 279 cm³/mol. The van der Waals surface area contributed by atoms with Crippen molar-refractivity contribution in [3.8, 4) is 79.2 Å². The summed E-state index contributed by atoms with van der Waals surface area (Å²) in [4.78, 5) is 21.0. The number of aromatic nitrogens is 6. The van der Waals surface area contributed by atoms with Crippen LogP contribution in [0.1, 0.15) is 0 Å². The fourth-order valence-electron chi connectivity index (χ4n) is 9.79. The topological polar surface area (TPSA) is 61.4 Å². The highest BCUT2D eigenvalue weighted by molar-refractivity contribution is 6.10. The van der Waals surface area contributed by atoms with Crippen LogP contribution in [0.4, 0.5) is 0 Å². The molecule has 0 aliphatic rings. The molecule has 0 unspecified atom stereocenters. The molecule has 0 saturated heterocycles. The summed E-state index contributed by atoms with van der Waals surface area (Å²) in [7, 11) is 0. The Kier molecular flexibility index (Phi) is 9.39. The van der Waals surface area contributed by atoms with Gasteiger partial charge in [0.15, 0.2) is 0 Å². The molecule has 0 bridgehead atoms. The van der Waals surface area contributed by atoms with Gasteiger partial charge in [-0.3, -0.25) is 9.13 Å². The Hall–Kier alpha value is -9.26. The van der Waals surface area contributed by atoms with Gasteiger partial charge in [-0.2, -0.15) is 0 Å². The summed E-state index contributed by atoms with van der Waals surface area (Å²) in [5.74, 6) is 1.71. The number of nitrogens with zero attached hydrogens (tertiary/aromatic N) is 6. The lowest BCUT2D eigenvalue weighted by atomic mass is 9.93. The molecule has 318 valence electrons. The fourth-order valence-corrected chi connectivity index (χ4v) is 9.79. The fraction of sp³-hybridized carbons (Fsp3) is 0. The molecular formula is C62H40N6. The maximum absolute atomic E-state index is 5.30. The summed E-state index contributed by atoms with van der Waals surface area (Å²) in [5.41, 5.74) is 15.9. The first-order valence-electron chi connectivity index (χ1n) is 22.9. The maximum atomic E-state index is 5.30. The van der Waals surface area contributed by atoms with E-state index in [-0.39, 0.29) is 0 Å². The van der Waals surface area contributed by atoms with E-state index in [9.17, 15) is 0 Å². The molecule has 0 atom stereocenters. The second-order valence-corrected chi connectivity index (χ2v) is 17.1. The number of rotatable bonds is 8. The van der Waals surface area contributed by atoms with E-state index in [1.54, 1.807) is 0 Å². The third-order valence-corrected chi connectivity index (χ3v) is 12.9. The zero-order chi connectivity index (χ0) is 45.0. The van der Waals surface area contributed by atoms with Crippen LogP contribution in [0, 0.1) is 0 Å². The number of hydrogen-bond donors (Lipinski definition) is 0. The van der Waals surface area contributed by atoms with Crippen LogP contribution in [0.2, 0.25) is 0 Å². The van der Waals surface area contributed by atoms with Crippen molar-refractivity contribution in [3.05, 3.63) is 243 Å². The van der Waals surface area contributed by atoms with Crippen LogP contribution in [-0.2, 0) is 0 Å². The minimum Gasteiger partial charge on any atom is -0.294 e. The van der Waals surface area contributed by atoms with E-state index in [1.165, 1.54) is 21.5 Å². The summed E-state index contributed by atoms with van der Waals surface area (Å²) in [5, 5.41) is 4.82. The molecule has 6 heteroatoms. The zero-order valence-electron chi connectivity index (χ0n) is 36.8. The molecule has 0 aliphatic heterocycles. The van der Waals surface area contributed by atoms with Gasteiger partial charge in [0.1, 0.15) is 11.6 Å². The summed E-state index contributed by atoms with van der Waals surface area (Å²) in [6.45, 7) is 0. The van der Waals surface area contributed by atoms with Crippen molar-refractivity contribution in [2.24, 2.45) is 0 Å². The highest BCUT2D eigenvalue weighted by Crippen LogP contribution is 2.37. The molecule has 0 spiro atoms. The molecule has 13 aromatic rings. The van der Waals surface area contributed by atoms with Crippen molar-refractivity contribution in [3.63, 3.8) is 0 Å².